The molecule has 0 aliphatic heterocycles. The number of allylic oxidation sites excluding steroid dienone is 1. The van der Waals surface area contributed by atoms with Crippen LogP contribution in [-0.2, 0) is 0 Å². The molecule has 2 atom stereocenters. The van der Waals surface area contributed by atoms with Crippen LogP contribution in [0.2, 0.25) is 0 Å². The van der Waals surface area contributed by atoms with E-state index in [1.165, 1.54) is 25.7 Å². The number of hydrogen-bond acceptors (Lipinski definition) is 1. The number of nitrogens with zero attached hydrogens (tertiary/aromatic N) is 1. The van der Waals surface area contributed by atoms with Gasteiger partial charge in [0.05, 0.1) is 11.5 Å². The number of nitriles is 1. The van der Waals surface area contributed by atoms with Gasteiger partial charge in [-0.15, -0.1) is 6.58 Å². The van der Waals surface area contributed by atoms with Crippen molar-refractivity contribution in [2.45, 2.75) is 58.3 Å². The normalized spacial score (nSPS) is 29.6. The van der Waals surface area contributed by atoms with Gasteiger partial charge in [-0.2, -0.15) is 5.26 Å². The lowest BCUT2D eigenvalue weighted by Crippen LogP contribution is -2.26. The van der Waals surface area contributed by atoms with Crippen molar-refractivity contribution in [1.29, 1.82) is 5.26 Å². The molecule has 1 saturated carbocycles. The highest BCUT2D eigenvalue weighted by Crippen LogP contribution is 2.42. The van der Waals surface area contributed by atoms with Gasteiger partial charge in [0.2, 0.25) is 0 Å². The van der Waals surface area contributed by atoms with Crippen molar-refractivity contribution in [1.82, 2.24) is 0 Å². The SMILES string of the molecule is C=CCCC1(C#N)[CH]CC(CCCC)CC1. The van der Waals surface area contributed by atoms with E-state index in [0.29, 0.717) is 0 Å². The highest BCUT2D eigenvalue weighted by Gasteiger charge is 2.34. The summed E-state index contributed by atoms with van der Waals surface area (Å²) in [6, 6.07) is 2.53. The Kier molecular flexibility index (Phi) is 5.60. The molecule has 1 aliphatic carbocycles. The second-order valence-corrected chi connectivity index (χ2v) is 5.08. The van der Waals surface area contributed by atoms with Crippen molar-refractivity contribution in [3.63, 3.8) is 0 Å². The zero-order valence-electron chi connectivity index (χ0n) is 10.5. The Labute approximate surface area is 101 Å². The summed E-state index contributed by atoms with van der Waals surface area (Å²) in [6.45, 7) is 5.99. The first-order valence-electron chi connectivity index (χ1n) is 6.63. The molecule has 0 aromatic carbocycles. The molecule has 0 N–H and O–H groups in total. The Morgan fingerprint density at radius 3 is 2.94 bits per heavy atom. The molecule has 1 heteroatoms. The standard InChI is InChI=1S/C15H24N/c1-3-5-7-14-8-11-15(13-16,12-9-14)10-6-4-2/h4,11,14H,2-3,5-10,12H2,1H3. The molecule has 0 bridgehead atoms. The molecular weight excluding hydrogens is 194 g/mol. The van der Waals surface area contributed by atoms with Gasteiger partial charge >= 0.3 is 0 Å². The minimum atomic E-state index is -0.142. The van der Waals surface area contributed by atoms with Gasteiger partial charge in [0.1, 0.15) is 0 Å². The zero-order chi connectivity index (χ0) is 11.9. The molecule has 0 heterocycles. The Hall–Kier alpha value is -0.770. The smallest absolute Gasteiger partial charge is 0.0692 e. The Balaban J connectivity index is 2.38. The van der Waals surface area contributed by atoms with Gasteiger partial charge in [0.25, 0.3) is 0 Å². The van der Waals surface area contributed by atoms with E-state index in [1.807, 2.05) is 6.08 Å². The first-order chi connectivity index (χ1) is 7.76. The van der Waals surface area contributed by atoms with E-state index in [9.17, 15) is 5.26 Å². The summed E-state index contributed by atoms with van der Waals surface area (Å²) in [5.41, 5.74) is -0.142. The van der Waals surface area contributed by atoms with Crippen LogP contribution < -0.4 is 0 Å². The minimum Gasteiger partial charge on any atom is -0.198 e. The van der Waals surface area contributed by atoms with Crippen molar-refractivity contribution >= 4 is 0 Å². The summed E-state index contributed by atoms with van der Waals surface area (Å²) in [5.74, 6) is 0.838. The van der Waals surface area contributed by atoms with E-state index in [-0.39, 0.29) is 5.41 Å². The average Bonchev–Trinajstić information content (AvgIpc) is 2.35. The third-order valence-corrected chi connectivity index (χ3v) is 3.82. The van der Waals surface area contributed by atoms with E-state index in [1.54, 1.807) is 0 Å². The minimum absolute atomic E-state index is 0.142. The topological polar surface area (TPSA) is 23.8 Å². The maximum atomic E-state index is 9.31. The predicted octanol–water partition coefficient (Wildman–Crippen LogP) is 4.66. The van der Waals surface area contributed by atoms with Crippen LogP contribution >= 0.6 is 0 Å². The van der Waals surface area contributed by atoms with Crippen molar-refractivity contribution in [3.05, 3.63) is 19.1 Å². The van der Waals surface area contributed by atoms with Crippen molar-refractivity contribution < 1.29 is 0 Å². The van der Waals surface area contributed by atoms with Crippen LogP contribution in [0, 0.1) is 29.1 Å². The number of unbranched alkanes of at least 4 members (excludes halogenated alkanes) is 1. The van der Waals surface area contributed by atoms with Gasteiger partial charge in [-0.1, -0.05) is 32.3 Å². The van der Waals surface area contributed by atoms with E-state index in [2.05, 4.69) is 26.0 Å². The van der Waals surface area contributed by atoms with E-state index < -0.39 is 0 Å². The Bertz CT molecular complexity index is 241. The third kappa shape index (κ3) is 3.67. The van der Waals surface area contributed by atoms with Crippen LogP contribution in [0.25, 0.3) is 0 Å². The van der Waals surface area contributed by atoms with Crippen molar-refractivity contribution in [3.8, 4) is 6.07 Å². The Morgan fingerprint density at radius 1 is 1.62 bits per heavy atom. The molecule has 0 amide bonds. The molecule has 2 unspecified atom stereocenters. The lowest BCUT2D eigenvalue weighted by Gasteiger charge is -2.34. The van der Waals surface area contributed by atoms with Gasteiger partial charge < -0.3 is 0 Å². The third-order valence-electron chi connectivity index (χ3n) is 3.82. The second kappa shape index (κ2) is 6.74. The summed E-state index contributed by atoms with van der Waals surface area (Å²) in [5, 5.41) is 9.31. The second-order valence-electron chi connectivity index (χ2n) is 5.08. The molecule has 0 aromatic rings. The van der Waals surface area contributed by atoms with Crippen LogP contribution in [0.5, 0.6) is 0 Å². The average molecular weight is 218 g/mol. The first-order valence-corrected chi connectivity index (χ1v) is 6.63. The lowest BCUT2D eigenvalue weighted by molar-refractivity contribution is 0.256. The van der Waals surface area contributed by atoms with Gasteiger partial charge in [-0.05, 0) is 44.4 Å². The summed E-state index contributed by atoms with van der Waals surface area (Å²) in [6.07, 6.45) is 13.6. The fourth-order valence-corrected chi connectivity index (χ4v) is 2.57. The highest BCUT2D eigenvalue weighted by molar-refractivity contribution is 5.11. The highest BCUT2D eigenvalue weighted by atomic mass is 14.4. The molecule has 1 nitrogen and oxygen atoms in total. The Morgan fingerprint density at radius 2 is 2.44 bits per heavy atom. The van der Waals surface area contributed by atoms with E-state index in [4.69, 9.17) is 0 Å². The van der Waals surface area contributed by atoms with E-state index >= 15 is 0 Å². The number of rotatable bonds is 6. The molecule has 1 rings (SSSR count). The predicted molar refractivity (Wildman–Crippen MR) is 68.6 cm³/mol. The van der Waals surface area contributed by atoms with Crippen molar-refractivity contribution in [2.24, 2.45) is 11.3 Å². The molecule has 1 radical (unpaired) electrons. The first kappa shape index (κ1) is 13.3. The molecule has 16 heavy (non-hydrogen) atoms. The molecule has 89 valence electrons. The van der Waals surface area contributed by atoms with Crippen LogP contribution in [0.4, 0.5) is 0 Å². The lowest BCUT2D eigenvalue weighted by atomic mass is 9.68. The van der Waals surface area contributed by atoms with Crippen molar-refractivity contribution in [2.75, 3.05) is 0 Å². The maximum Gasteiger partial charge on any atom is 0.0692 e. The van der Waals surface area contributed by atoms with Crippen LogP contribution in [0.15, 0.2) is 12.7 Å². The number of hydrogen-bond donors (Lipinski definition) is 0. The largest absolute Gasteiger partial charge is 0.198 e. The zero-order valence-corrected chi connectivity index (χ0v) is 10.5. The van der Waals surface area contributed by atoms with Crippen LogP contribution in [0.1, 0.15) is 58.3 Å². The van der Waals surface area contributed by atoms with Crippen LogP contribution in [-0.4, -0.2) is 0 Å². The molecule has 1 aliphatic rings. The van der Waals surface area contributed by atoms with Gasteiger partial charge in [-0.25, -0.2) is 0 Å². The van der Waals surface area contributed by atoms with Crippen LogP contribution in [0.3, 0.4) is 0 Å². The fourth-order valence-electron chi connectivity index (χ4n) is 2.57. The molecule has 0 aromatic heterocycles. The van der Waals surface area contributed by atoms with Gasteiger partial charge in [0.15, 0.2) is 0 Å². The summed E-state index contributed by atoms with van der Waals surface area (Å²) < 4.78 is 0. The summed E-state index contributed by atoms with van der Waals surface area (Å²) in [4.78, 5) is 0. The monoisotopic (exact) mass is 218 g/mol. The summed E-state index contributed by atoms with van der Waals surface area (Å²) >= 11 is 0. The molecule has 1 fully saturated rings. The quantitative estimate of drug-likeness (QED) is 0.595. The fraction of sp³-hybridized carbons (Fsp3) is 0.733. The van der Waals surface area contributed by atoms with Gasteiger partial charge in [0, 0.05) is 0 Å². The molecule has 0 spiro atoms. The molecule has 0 saturated heterocycles. The van der Waals surface area contributed by atoms with Gasteiger partial charge in [-0.3, -0.25) is 0 Å². The maximum absolute atomic E-state index is 9.31. The molecular formula is C15H24N. The van der Waals surface area contributed by atoms with E-state index in [0.717, 1.165) is 31.6 Å². The summed E-state index contributed by atoms with van der Waals surface area (Å²) in [7, 11) is 0.